The fourth-order valence-corrected chi connectivity index (χ4v) is 6.30. The van der Waals surface area contributed by atoms with E-state index in [1.807, 2.05) is 60.8 Å². The number of aromatic nitrogens is 5. The maximum absolute atomic E-state index is 5.17. The molecule has 0 saturated carbocycles. The van der Waals surface area contributed by atoms with Gasteiger partial charge >= 0.3 is 0 Å². The number of benzene rings is 5. The Morgan fingerprint density at radius 1 is 0.383 bits per heavy atom. The van der Waals surface area contributed by atoms with Crippen molar-refractivity contribution in [2.75, 3.05) is 0 Å². The molecule has 0 aliphatic rings. The van der Waals surface area contributed by atoms with Crippen LogP contribution in [0.25, 0.3) is 83.9 Å². The summed E-state index contributed by atoms with van der Waals surface area (Å²) in [5, 5.41) is 2.18. The van der Waals surface area contributed by atoms with Crippen LogP contribution in [-0.4, -0.2) is 24.3 Å². The summed E-state index contributed by atoms with van der Waals surface area (Å²) in [4.78, 5) is 20.1. The van der Waals surface area contributed by atoms with Crippen molar-refractivity contribution < 1.29 is 0 Å². The fraction of sp³-hybridized carbons (Fsp3) is 0. The van der Waals surface area contributed by atoms with Crippen LogP contribution in [0.3, 0.4) is 0 Å². The zero-order chi connectivity index (χ0) is 31.2. The summed E-state index contributed by atoms with van der Waals surface area (Å²) >= 11 is 0. The minimum absolute atomic E-state index is 0.695. The van der Waals surface area contributed by atoms with E-state index in [2.05, 4.69) is 108 Å². The summed E-state index contributed by atoms with van der Waals surface area (Å²) in [7, 11) is 0. The van der Waals surface area contributed by atoms with Gasteiger partial charge < -0.3 is 0 Å². The molecular formula is C42H27N5. The average Bonchev–Trinajstić information content (AvgIpc) is 3.54. The number of rotatable bonds is 5. The summed E-state index contributed by atoms with van der Waals surface area (Å²) in [6, 6.07) is 54.2. The third-order valence-corrected chi connectivity index (χ3v) is 8.64. The van der Waals surface area contributed by atoms with Crippen molar-refractivity contribution in [2.24, 2.45) is 0 Å². The highest BCUT2D eigenvalue weighted by Crippen LogP contribution is 2.34. The Labute approximate surface area is 271 Å². The summed E-state index contributed by atoms with van der Waals surface area (Å²) in [5.74, 6) is 0.695. The van der Waals surface area contributed by atoms with Gasteiger partial charge in [0.1, 0.15) is 11.2 Å². The Morgan fingerprint density at radius 3 is 1.70 bits per heavy atom. The van der Waals surface area contributed by atoms with Crippen molar-refractivity contribution in [3.63, 3.8) is 0 Å². The zero-order valence-electron chi connectivity index (χ0n) is 25.3. The molecule has 5 heteroatoms. The Bertz CT molecular complexity index is 2500. The maximum Gasteiger partial charge on any atom is 0.165 e. The highest BCUT2D eigenvalue weighted by molar-refractivity contribution is 6.09. The fourth-order valence-electron chi connectivity index (χ4n) is 6.30. The van der Waals surface area contributed by atoms with Gasteiger partial charge in [-0.25, -0.2) is 19.9 Å². The van der Waals surface area contributed by atoms with Gasteiger partial charge in [-0.3, -0.25) is 4.40 Å². The molecule has 0 aliphatic carbocycles. The lowest BCUT2D eigenvalue weighted by molar-refractivity contribution is 1.18. The summed E-state index contributed by atoms with van der Waals surface area (Å²) < 4.78 is 2.06. The lowest BCUT2D eigenvalue weighted by atomic mass is 9.98. The van der Waals surface area contributed by atoms with Crippen molar-refractivity contribution in [1.29, 1.82) is 0 Å². The second kappa shape index (κ2) is 11.2. The third kappa shape index (κ3) is 4.82. The Hall–Kier alpha value is -6.46. The molecule has 0 radical (unpaired) electrons. The van der Waals surface area contributed by atoms with Crippen molar-refractivity contribution in [2.45, 2.75) is 0 Å². The van der Waals surface area contributed by atoms with Crippen molar-refractivity contribution in [1.82, 2.24) is 24.3 Å². The van der Waals surface area contributed by atoms with E-state index in [1.54, 1.807) is 0 Å². The molecule has 0 atom stereocenters. The number of imidazole rings is 1. The molecule has 47 heavy (non-hydrogen) atoms. The highest BCUT2D eigenvalue weighted by Gasteiger charge is 2.16. The average molecular weight is 602 g/mol. The van der Waals surface area contributed by atoms with E-state index in [-0.39, 0.29) is 0 Å². The van der Waals surface area contributed by atoms with E-state index in [9.17, 15) is 0 Å². The van der Waals surface area contributed by atoms with Gasteiger partial charge in [-0.15, -0.1) is 0 Å². The molecule has 5 aromatic carbocycles. The number of fused-ring (bicyclic) bond motifs is 5. The molecule has 0 saturated heterocycles. The molecule has 0 spiro atoms. The molecule has 5 nitrogen and oxygen atoms in total. The van der Waals surface area contributed by atoms with Crippen molar-refractivity contribution in [3.05, 3.63) is 164 Å². The molecule has 0 aliphatic heterocycles. The van der Waals surface area contributed by atoms with E-state index in [0.29, 0.717) is 5.82 Å². The van der Waals surface area contributed by atoms with Crippen molar-refractivity contribution in [3.8, 4) is 56.3 Å². The summed E-state index contributed by atoms with van der Waals surface area (Å²) in [5.41, 5.74) is 11.7. The van der Waals surface area contributed by atoms with Gasteiger partial charge in [0.05, 0.1) is 17.1 Å². The van der Waals surface area contributed by atoms with Crippen LogP contribution in [0.1, 0.15) is 0 Å². The highest BCUT2D eigenvalue weighted by atomic mass is 15.1. The van der Waals surface area contributed by atoms with Gasteiger partial charge in [0.2, 0.25) is 0 Å². The number of pyridine rings is 2. The van der Waals surface area contributed by atoms with Crippen LogP contribution in [-0.2, 0) is 0 Å². The molecule has 220 valence electrons. The zero-order valence-corrected chi connectivity index (χ0v) is 25.3. The SMILES string of the molecule is c1ccc(-c2cc(-c3ccccc3)nc(-c3cccc(-c4ccc(-c5nc6c(nc7ccccn76)c6ccccc56)cc4)c3)n2)cc1. The van der Waals surface area contributed by atoms with Crippen LogP contribution in [0, 0.1) is 0 Å². The van der Waals surface area contributed by atoms with Crippen LogP contribution in [0.15, 0.2) is 164 Å². The molecule has 0 fully saturated rings. The van der Waals surface area contributed by atoms with Crippen molar-refractivity contribution >= 4 is 27.6 Å². The molecule has 0 amide bonds. The van der Waals surface area contributed by atoms with Crippen LogP contribution >= 0.6 is 0 Å². The first-order valence-electron chi connectivity index (χ1n) is 15.7. The largest absolute Gasteiger partial charge is 0.284 e. The lowest BCUT2D eigenvalue weighted by Gasteiger charge is -2.11. The van der Waals surface area contributed by atoms with E-state index < -0.39 is 0 Å². The van der Waals surface area contributed by atoms with Crippen LogP contribution in [0.5, 0.6) is 0 Å². The van der Waals surface area contributed by atoms with Gasteiger partial charge in [0.25, 0.3) is 0 Å². The number of hydrogen-bond donors (Lipinski definition) is 0. The van der Waals surface area contributed by atoms with E-state index in [1.165, 1.54) is 0 Å². The first kappa shape index (κ1) is 26.9. The standard InChI is InChI=1S/C42H27N5/c1-3-12-29(13-4-1)36-27-37(30-14-5-2-6-15-30)44-41(43-36)33-17-11-16-32(26-33)28-21-23-31(24-22-28)39-34-18-7-8-19-35(34)40-42(46-39)47-25-10-9-20-38(47)45-40/h1-27H. The lowest BCUT2D eigenvalue weighted by Crippen LogP contribution is -1.96. The van der Waals surface area contributed by atoms with E-state index in [0.717, 1.165) is 78.0 Å². The molecule has 9 rings (SSSR count). The predicted octanol–water partition coefficient (Wildman–Crippen LogP) is 10.2. The normalized spacial score (nSPS) is 11.4. The minimum atomic E-state index is 0.695. The minimum Gasteiger partial charge on any atom is -0.284 e. The van der Waals surface area contributed by atoms with Gasteiger partial charge in [-0.05, 0) is 35.4 Å². The van der Waals surface area contributed by atoms with Gasteiger partial charge in [-0.1, -0.05) is 133 Å². The molecule has 0 N–H and O–H groups in total. The molecule has 9 aromatic rings. The Morgan fingerprint density at radius 2 is 0.979 bits per heavy atom. The third-order valence-electron chi connectivity index (χ3n) is 8.64. The van der Waals surface area contributed by atoms with E-state index in [4.69, 9.17) is 19.9 Å². The van der Waals surface area contributed by atoms with Crippen LogP contribution in [0.4, 0.5) is 0 Å². The monoisotopic (exact) mass is 601 g/mol. The predicted molar refractivity (Wildman–Crippen MR) is 191 cm³/mol. The molecule has 0 unspecified atom stereocenters. The smallest absolute Gasteiger partial charge is 0.165 e. The Kier molecular flexibility index (Phi) is 6.39. The summed E-state index contributed by atoms with van der Waals surface area (Å²) in [6.07, 6.45) is 2.02. The second-order valence-electron chi connectivity index (χ2n) is 11.6. The number of hydrogen-bond acceptors (Lipinski definition) is 4. The first-order valence-corrected chi connectivity index (χ1v) is 15.7. The second-order valence-corrected chi connectivity index (χ2v) is 11.6. The maximum atomic E-state index is 5.17. The van der Waals surface area contributed by atoms with Crippen LogP contribution in [0.2, 0.25) is 0 Å². The quantitative estimate of drug-likeness (QED) is 0.197. The van der Waals surface area contributed by atoms with Gasteiger partial charge in [-0.2, -0.15) is 0 Å². The van der Waals surface area contributed by atoms with Crippen LogP contribution < -0.4 is 0 Å². The molecule has 4 heterocycles. The molecule has 4 aromatic heterocycles. The topological polar surface area (TPSA) is 56.0 Å². The Balaban J connectivity index is 1.12. The van der Waals surface area contributed by atoms with Gasteiger partial charge in [0.15, 0.2) is 11.5 Å². The summed E-state index contributed by atoms with van der Waals surface area (Å²) in [6.45, 7) is 0. The molecular weight excluding hydrogens is 574 g/mol. The first-order chi connectivity index (χ1) is 23.3. The van der Waals surface area contributed by atoms with Gasteiger partial charge in [0, 0.05) is 39.2 Å². The molecule has 0 bridgehead atoms. The number of nitrogens with zero attached hydrogens (tertiary/aromatic N) is 5. The van der Waals surface area contributed by atoms with E-state index >= 15 is 0 Å².